The first-order valence-electron chi connectivity index (χ1n) is 11.8. The lowest BCUT2D eigenvalue weighted by atomic mass is 9.82. The summed E-state index contributed by atoms with van der Waals surface area (Å²) < 4.78 is 0. The van der Waals surface area contributed by atoms with Gasteiger partial charge in [0, 0.05) is 31.4 Å². The molecule has 1 saturated carbocycles. The average molecular weight is 446 g/mol. The molecule has 2 aliphatic heterocycles. The lowest BCUT2D eigenvalue weighted by molar-refractivity contribution is -0.119. The molecule has 2 aromatic carbocycles. The molecule has 7 heteroatoms. The number of fused-ring (bicyclic) bond motifs is 2. The lowest BCUT2D eigenvalue weighted by Gasteiger charge is -2.23. The van der Waals surface area contributed by atoms with E-state index >= 15 is 0 Å². The fourth-order valence-corrected chi connectivity index (χ4v) is 5.44. The van der Waals surface area contributed by atoms with Crippen LogP contribution in [0.3, 0.4) is 0 Å². The van der Waals surface area contributed by atoms with Crippen molar-refractivity contribution in [1.82, 2.24) is 10.2 Å². The van der Waals surface area contributed by atoms with Crippen molar-refractivity contribution in [1.29, 1.82) is 0 Å². The molecular formula is C26H31N5O2. The van der Waals surface area contributed by atoms with Gasteiger partial charge >= 0.3 is 6.03 Å². The highest BCUT2D eigenvalue weighted by Crippen LogP contribution is 2.38. The number of aryl methyl sites for hydroxylation is 1. The van der Waals surface area contributed by atoms with Crippen molar-refractivity contribution < 1.29 is 9.59 Å². The second-order valence-corrected chi connectivity index (χ2v) is 9.45. The average Bonchev–Trinajstić information content (AvgIpc) is 3.21. The molecule has 3 amide bonds. The Balaban J connectivity index is 1.44. The number of amides is 3. The van der Waals surface area contributed by atoms with Crippen LogP contribution in [-0.4, -0.2) is 49.0 Å². The van der Waals surface area contributed by atoms with Crippen LogP contribution in [0.15, 0.2) is 53.5 Å². The fraction of sp³-hybridized carbons (Fsp3) is 0.423. The van der Waals surface area contributed by atoms with E-state index in [1.54, 1.807) is 11.9 Å². The van der Waals surface area contributed by atoms with Gasteiger partial charge in [0.05, 0.1) is 5.69 Å². The van der Waals surface area contributed by atoms with Crippen molar-refractivity contribution in [3.63, 3.8) is 0 Å². The van der Waals surface area contributed by atoms with E-state index in [2.05, 4.69) is 15.5 Å². The van der Waals surface area contributed by atoms with E-state index in [1.807, 2.05) is 55.5 Å². The van der Waals surface area contributed by atoms with E-state index in [1.165, 1.54) is 25.7 Å². The second kappa shape index (κ2) is 8.89. The maximum absolute atomic E-state index is 13.3. The number of aliphatic imine (C=N–C) groups is 1. The van der Waals surface area contributed by atoms with E-state index in [4.69, 9.17) is 4.99 Å². The molecule has 0 aromatic heterocycles. The van der Waals surface area contributed by atoms with Crippen molar-refractivity contribution in [3.8, 4) is 0 Å². The highest BCUT2D eigenvalue weighted by atomic mass is 16.2. The molecule has 0 radical (unpaired) electrons. The Kier molecular flexibility index (Phi) is 5.79. The van der Waals surface area contributed by atoms with Crippen molar-refractivity contribution in [2.24, 2.45) is 16.8 Å². The van der Waals surface area contributed by atoms with Crippen molar-refractivity contribution in [2.45, 2.75) is 38.8 Å². The van der Waals surface area contributed by atoms with Gasteiger partial charge in [-0.1, -0.05) is 37.1 Å². The number of likely N-dealkylation sites (tertiary alicyclic amines) is 1. The molecule has 5 rings (SSSR count). The summed E-state index contributed by atoms with van der Waals surface area (Å²) in [6, 6.07) is 15.0. The van der Waals surface area contributed by atoms with Crippen LogP contribution in [0.25, 0.3) is 0 Å². The number of carbonyl (C=O) groups is 2. The van der Waals surface area contributed by atoms with E-state index in [9.17, 15) is 9.59 Å². The monoisotopic (exact) mass is 445 g/mol. The summed E-state index contributed by atoms with van der Waals surface area (Å²) in [5, 5.41) is 5.63. The minimum absolute atomic E-state index is 0.256. The maximum Gasteiger partial charge on any atom is 0.321 e. The number of benzene rings is 2. The van der Waals surface area contributed by atoms with E-state index < -0.39 is 12.2 Å². The largest absolute Gasteiger partial charge is 0.356 e. The Labute approximate surface area is 194 Å². The molecule has 1 saturated heterocycles. The standard InChI is InChI=1S/C26H31N5O2/c1-17-8-7-11-20(14-17)27-26(33)29-23-25(32)30(2)22-13-6-5-12-21(22)24(28-23)31-15-18-9-3-4-10-19(18)16-31/h5-8,11-14,18-19,23H,3-4,9-10,15-16H2,1-2H3,(H2,27,29,33)/t18-,19+,23?. The Hall–Kier alpha value is -3.35. The number of benzodiazepines with no additional fused rings is 1. The molecule has 7 nitrogen and oxygen atoms in total. The predicted molar refractivity (Wildman–Crippen MR) is 131 cm³/mol. The fourth-order valence-electron chi connectivity index (χ4n) is 5.44. The molecule has 0 bridgehead atoms. The van der Waals surface area contributed by atoms with Gasteiger partial charge in [0.1, 0.15) is 5.84 Å². The van der Waals surface area contributed by atoms with Crippen LogP contribution in [0.5, 0.6) is 0 Å². The normalized spacial score (nSPS) is 24.5. The molecular weight excluding hydrogens is 414 g/mol. The van der Waals surface area contributed by atoms with Crippen LogP contribution in [-0.2, 0) is 4.79 Å². The molecule has 33 heavy (non-hydrogen) atoms. The van der Waals surface area contributed by atoms with Crippen LogP contribution in [0.4, 0.5) is 16.2 Å². The zero-order chi connectivity index (χ0) is 22.9. The van der Waals surface area contributed by atoms with E-state index in [0.717, 1.165) is 35.7 Å². The number of urea groups is 1. The van der Waals surface area contributed by atoms with Gasteiger partial charge in [0.25, 0.3) is 5.91 Å². The van der Waals surface area contributed by atoms with Crippen LogP contribution in [0.2, 0.25) is 0 Å². The minimum atomic E-state index is -0.996. The Morgan fingerprint density at radius 1 is 1.03 bits per heavy atom. The minimum Gasteiger partial charge on any atom is -0.356 e. The van der Waals surface area contributed by atoms with Gasteiger partial charge in [0.15, 0.2) is 0 Å². The number of carbonyl (C=O) groups excluding carboxylic acids is 2. The Morgan fingerprint density at radius 2 is 1.76 bits per heavy atom. The molecule has 2 aromatic rings. The quantitative estimate of drug-likeness (QED) is 0.734. The molecule has 0 spiro atoms. The van der Waals surface area contributed by atoms with Gasteiger partial charge in [-0.3, -0.25) is 4.79 Å². The summed E-state index contributed by atoms with van der Waals surface area (Å²) in [6.07, 6.45) is 4.11. The number of hydrogen-bond donors (Lipinski definition) is 2. The van der Waals surface area contributed by atoms with Crippen LogP contribution >= 0.6 is 0 Å². The number of para-hydroxylation sites is 1. The second-order valence-electron chi connectivity index (χ2n) is 9.45. The highest BCUT2D eigenvalue weighted by molar-refractivity contribution is 6.12. The smallest absolute Gasteiger partial charge is 0.321 e. The SMILES string of the molecule is Cc1cccc(NC(=O)NC2N=C(N3C[C@H]4CCCC[C@H]4C3)c3ccccc3N(C)C2=O)c1. The predicted octanol–water partition coefficient (Wildman–Crippen LogP) is 3.99. The van der Waals surface area contributed by atoms with Crippen LogP contribution in [0, 0.1) is 18.8 Å². The molecule has 2 fully saturated rings. The number of hydrogen-bond acceptors (Lipinski definition) is 4. The number of anilines is 2. The number of rotatable bonds is 2. The summed E-state index contributed by atoms with van der Waals surface area (Å²) in [6.45, 7) is 3.88. The number of nitrogens with zero attached hydrogens (tertiary/aromatic N) is 3. The highest BCUT2D eigenvalue weighted by Gasteiger charge is 2.39. The molecule has 172 valence electrons. The van der Waals surface area contributed by atoms with E-state index in [0.29, 0.717) is 17.5 Å². The Morgan fingerprint density at radius 3 is 2.48 bits per heavy atom. The summed E-state index contributed by atoms with van der Waals surface area (Å²) in [4.78, 5) is 34.9. The van der Waals surface area contributed by atoms with Crippen molar-refractivity contribution >= 4 is 29.1 Å². The van der Waals surface area contributed by atoms with Gasteiger partial charge in [-0.15, -0.1) is 0 Å². The summed E-state index contributed by atoms with van der Waals surface area (Å²) in [5.41, 5.74) is 3.48. The van der Waals surface area contributed by atoms with E-state index in [-0.39, 0.29) is 5.91 Å². The molecule has 1 unspecified atom stereocenters. The molecule has 2 N–H and O–H groups in total. The topological polar surface area (TPSA) is 77.0 Å². The van der Waals surface area contributed by atoms with Gasteiger partial charge in [-0.05, 0) is 61.4 Å². The number of nitrogens with one attached hydrogen (secondary N) is 2. The molecule has 3 aliphatic rings. The molecule has 3 atom stereocenters. The van der Waals surface area contributed by atoms with Crippen LogP contribution in [0.1, 0.15) is 36.8 Å². The van der Waals surface area contributed by atoms with Crippen LogP contribution < -0.4 is 15.5 Å². The number of amidine groups is 1. The maximum atomic E-state index is 13.3. The van der Waals surface area contributed by atoms with Gasteiger partial charge in [0.2, 0.25) is 6.17 Å². The summed E-state index contributed by atoms with van der Waals surface area (Å²) >= 11 is 0. The molecule has 2 heterocycles. The van der Waals surface area contributed by atoms with Crippen molar-refractivity contribution in [3.05, 3.63) is 59.7 Å². The molecule has 1 aliphatic carbocycles. The van der Waals surface area contributed by atoms with Crippen molar-refractivity contribution in [2.75, 3.05) is 30.4 Å². The summed E-state index contributed by atoms with van der Waals surface area (Å²) in [5.74, 6) is 1.91. The third-order valence-electron chi connectivity index (χ3n) is 7.14. The summed E-state index contributed by atoms with van der Waals surface area (Å²) in [7, 11) is 1.75. The number of likely N-dealkylation sites (N-methyl/N-ethyl adjacent to an activating group) is 1. The third-order valence-corrected chi connectivity index (χ3v) is 7.14. The first-order chi connectivity index (χ1) is 16.0. The zero-order valence-corrected chi connectivity index (χ0v) is 19.3. The van der Waals surface area contributed by atoms with Gasteiger partial charge in [-0.25, -0.2) is 9.79 Å². The van der Waals surface area contributed by atoms with Gasteiger partial charge in [-0.2, -0.15) is 0 Å². The lowest BCUT2D eigenvalue weighted by Crippen LogP contribution is -2.47. The first-order valence-corrected chi connectivity index (χ1v) is 11.8. The first kappa shape index (κ1) is 21.5. The van der Waals surface area contributed by atoms with Gasteiger partial charge < -0.3 is 20.4 Å². The third kappa shape index (κ3) is 4.32. The Bertz CT molecular complexity index is 1080. The zero-order valence-electron chi connectivity index (χ0n) is 19.3.